The Morgan fingerprint density at radius 1 is 1.11 bits per heavy atom. The summed E-state index contributed by atoms with van der Waals surface area (Å²) in [7, 11) is -3.91. The average Bonchev–Trinajstić information content (AvgIpc) is 3.14. The summed E-state index contributed by atoms with van der Waals surface area (Å²) >= 11 is 6.66. The minimum Gasteiger partial charge on any atom is -0.296 e. The van der Waals surface area contributed by atoms with Crippen LogP contribution in [0.4, 0.5) is 10.8 Å². The highest BCUT2D eigenvalue weighted by molar-refractivity contribution is 7.94. The molecule has 0 aliphatic carbocycles. The first-order valence-corrected chi connectivity index (χ1v) is 10.5. The zero-order valence-electron chi connectivity index (χ0n) is 14.2. The maximum Gasteiger partial charge on any atom is 0.293 e. The lowest BCUT2D eigenvalue weighted by atomic mass is 10.2. The summed E-state index contributed by atoms with van der Waals surface area (Å²) < 4.78 is 26.8. The molecule has 0 atom stereocenters. The van der Waals surface area contributed by atoms with E-state index in [0.29, 0.717) is 16.3 Å². The molecule has 1 amide bonds. The summed E-state index contributed by atoms with van der Waals surface area (Å²) in [4.78, 5) is 12.2. The van der Waals surface area contributed by atoms with Crippen molar-refractivity contribution in [3.63, 3.8) is 0 Å². The number of nitrogens with one attached hydrogen (secondary N) is 1. The molecule has 7 nitrogen and oxygen atoms in total. The number of carbonyl (C=O) groups is 1. The molecule has 27 heavy (non-hydrogen) atoms. The fraction of sp³-hybridized carbons (Fsp3) is 0.118. The Labute approximate surface area is 165 Å². The number of sulfonamides is 1. The van der Waals surface area contributed by atoms with Crippen LogP contribution < -0.4 is 9.62 Å². The summed E-state index contributed by atoms with van der Waals surface area (Å²) in [5.41, 5.74) is 0.903. The van der Waals surface area contributed by atoms with Gasteiger partial charge in [0.25, 0.3) is 20.3 Å². The van der Waals surface area contributed by atoms with Crippen LogP contribution in [0, 0.1) is 0 Å². The maximum atomic E-state index is 12.9. The van der Waals surface area contributed by atoms with Crippen molar-refractivity contribution in [3.05, 3.63) is 65.2 Å². The Morgan fingerprint density at radius 3 is 2.41 bits per heavy atom. The lowest BCUT2D eigenvalue weighted by Crippen LogP contribution is -2.30. The number of hydrogen-bond donors (Lipinski definition) is 1. The highest BCUT2D eigenvalue weighted by atomic mass is 35.5. The molecule has 0 spiro atoms. The molecule has 1 N–H and O–H groups in total. The van der Waals surface area contributed by atoms with Crippen LogP contribution in [-0.2, 0) is 10.0 Å². The number of rotatable bonds is 6. The third-order valence-electron chi connectivity index (χ3n) is 3.58. The molecule has 0 unspecified atom stereocenters. The van der Waals surface area contributed by atoms with Gasteiger partial charge in [-0.3, -0.25) is 14.4 Å². The maximum absolute atomic E-state index is 12.9. The number of hydrogen-bond acceptors (Lipinski definition) is 6. The van der Waals surface area contributed by atoms with Crippen LogP contribution in [0.5, 0.6) is 0 Å². The van der Waals surface area contributed by atoms with Crippen molar-refractivity contribution in [2.24, 2.45) is 0 Å². The Balaban J connectivity index is 1.83. The highest BCUT2D eigenvalue weighted by Gasteiger charge is 2.28. The molecule has 0 saturated carbocycles. The predicted octanol–water partition coefficient (Wildman–Crippen LogP) is 3.66. The summed E-state index contributed by atoms with van der Waals surface area (Å²) in [5.74, 6) is -0.388. The number of nitrogens with zero attached hydrogens (tertiary/aromatic N) is 3. The Kier molecular flexibility index (Phi) is 5.73. The molecule has 0 aliphatic heterocycles. The van der Waals surface area contributed by atoms with E-state index in [9.17, 15) is 13.2 Å². The monoisotopic (exact) mass is 422 g/mol. The largest absolute Gasteiger partial charge is 0.296 e. The van der Waals surface area contributed by atoms with Gasteiger partial charge >= 0.3 is 0 Å². The van der Waals surface area contributed by atoms with E-state index in [1.54, 1.807) is 61.5 Å². The number of halogens is 1. The molecule has 0 fully saturated rings. The number of aromatic nitrogens is 2. The first kappa shape index (κ1) is 19.3. The average molecular weight is 423 g/mol. The zero-order chi connectivity index (χ0) is 19.4. The van der Waals surface area contributed by atoms with Gasteiger partial charge in [-0.25, -0.2) is 0 Å². The van der Waals surface area contributed by atoms with Crippen molar-refractivity contribution >= 4 is 49.7 Å². The Morgan fingerprint density at radius 2 is 1.78 bits per heavy atom. The molecule has 1 aromatic heterocycles. The third kappa shape index (κ3) is 4.26. The highest BCUT2D eigenvalue weighted by Crippen LogP contribution is 2.28. The van der Waals surface area contributed by atoms with Crippen LogP contribution in [-0.4, -0.2) is 31.1 Å². The second kappa shape index (κ2) is 8.03. The predicted molar refractivity (Wildman–Crippen MR) is 106 cm³/mol. The van der Waals surface area contributed by atoms with Crippen molar-refractivity contribution in [1.82, 2.24) is 10.2 Å². The lowest BCUT2D eigenvalue weighted by molar-refractivity contribution is 0.102. The minimum absolute atomic E-state index is 0.106. The summed E-state index contributed by atoms with van der Waals surface area (Å²) in [6.07, 6.45) is 0. The number of benzene rings is 2. The minimum atomic E-state index is -3.91. The van der Waals surface area contributed by atoms with E-state index in [4.69, 9.17) is 11.6 Å². The second-order valence-electron chi connectivity index (χ2n) is 5.34. The first-order valence-electron chi connectivity index (χ1n) is 7.90. The van der Waals surface area contributed by atoms with Gasteiger partial charge in [0.05, 0.1) is 5.69 Å². The second-order valence-corrected chi connectivity index (χ2v) is 8.79. The fourth-order valence-corrected chi connectivity index (χ4v) is 4.91. The van der Waals surface area contributed by atoms with E-state index in [2.05, 4.69) is 15.5 Å². The number of carbonyl (C=O) groups excluding carboxylic acids is 1. The van der Waals surface area contributed by atoms with Gasteiger partial charge in [0.2, 0.25) is 5.13 Å². The van der Waals surface area contributed by atoms with Gasteiger partial charge in [-0.1, -0.05) is 41.1 Å². The van der Waals surface area contributed by atoms with Crippen LogP contribution in [0.1, 0.15) is 17.3 Å². The van der Waals surface area contributed by atoms with Crippen molar-refractivity contribution in [2.75, 3.05) is 16.2 Å². The molecule has 0 bridgehead atoms. The van der Waals surface area contributed by atoms with Gasteiger partial charge in [0.1, 0.15) is 0 Å². The SMILES string of the molecule is CCN(c1ccc(Cl)cc1)S(=O)(=O)c1nnc(NC(=O)c2ccccc2)s1. The van der Waals surface area contributed by atoms with E-state index in [1.807, 2.05) is 0 Å². The van der Waals surface area contributed by atoms with E-state index >= 15 is 0 Å². The smallest absolute Gasteiger partial charge is 0.293 e. The van der Waals surface area contributed by atoms with E-state index in [-0.39, 0.29) is 21.9 Å². The summed E-state index contributed by atoms with van der Waals surface area (Å²) in [6.45, 7) is 1.92. The normalized spacial score (nSPS) is 11.2. The van der Waals surface area contributed by atoms with Crippen molar-refractivity contribution in [1.29, 1.82) is 0 Å². The van der Waals surface area contributed by atoms with Gasteiger partial charge < -0.3 is 0 Å². The van der Waals surface area contributed by atoms with Crippen molar-refractivity contribution < 1.29 is 13.2 Å². The molecular weight excluding hydrogens is 408 g/mol. The van der Waals surface area contributed by atoms with Crippen molar-refractivity contribution in [2.45, 2.75) is 11.3 Å². The molecule has 0 saturated heterocycles. The Bertz CT molecular complexity index is 1040. The third-order valence-corrected chi connectivity index (χ3v) is 6.91. The van der Waals surface area contributed by atoms with Crippen LogP contribution in [0.2, 0.25) is 5.02 Å². The van der Waals surface area contributed by atoms with Crippen LogP contribution in [0.25, 0.3) is 0 Å². The quantitative estimate of drug-likeness (QED) is 0.612. The standard InChI is InChI=1S/C17H15ClN4O3S2/c1-2-22(14-10-8-13(18)9-11-14)27(24,25)17-21-20-16(26-17)19-15(23)12-6-4-3-5-7-12/h3-11H,2H2,1H3,(H,19,20,23). The fourth-order valence-electron chi connectivity index (χ4n) is 2.32. The molecule has 1 heterocycles. The van der Waals surface area contributed by atoms with Crippen LogP contribution in [0.3, 0.4) is 0 Å². The van der Waals surface area contributed by atoms with E-state index in [1.165, 1.54) is 4.31 Å². The molecule has 2 aromatic carbocycles. The molecule has 10 heteroatoms. The van der Waals surface area contributed by atoms with Gasteiger partial charge in [-0.15, -0.1) is 10.2 Å². The molecule has 0 radical (unpaired) electrons. The molecular formula is C17H15ClN4O3S2. The van der Waals surface area contributed by atoms with Gasteiger partial charge in [-0.05, 0) is 43.3 Å². The molecule has 140 valence electrons. The number of anilines is 2. The summed E-state index contributed by atoms with van der Waals surface area (Å²) in [5, 5.41) is 10.7. The van der Waals surface area contributed by atoms with E-state index in [0.717, 1.165) is 11.3 Å². The molecule has 3 aromatic rings. The first-order chi connectivity index (χ1) is 12.9. The molecule has 3 rings (SSSR count). The molecule has 0 aliphatic rings. The van der Waals surface area contributed by atoms with Gasteiger partial charge in [-0.2, -0.15) is 8.42 Å². The van der Waals surface area contributed by atoms with Crippen LogP contribution in [0.15, 0.2) is 58.9 Å². The van der Waals surface area contributed by atoms with Gasteiger partial charge in [0.15, 0.2) is 0 Å². The van der Waals surface area contributed by atoms with Crippen LogP contribution >= 0.6 is 22.9 Å². The summed E-state index contributed by atoms with van der Waals surface area (Å²) in [6, 6.07) is 15.0. The number of amides is 1. The topological polar surface area (TPSA) is 92.3 Å². The lowest BCUT2D eigenvalue weighted by Gasteiger charge is -2.21. The zero-order valence-corrected chi connectivity index (χ0v) is 16.6. The Hall–Kier alpha value is -2.49. The van der Waals surface area contributed by atoms with Gasteiger partial charge in [0, 0.05) is 17.1 Å². The van der Waals surface area contributed by atoms with E-state index < -0.39 is 10.0 Å². The van der Waals surface area contributed by atoms with Crippen molar-refractivity contribution in [3.8, 4) is 0 Å².